The number of rotatable bonds is 5. The van der Waals surface area contributed by atoms with Gasteiger partial charge in [0.1, 0.15) is 23.1 Å². The zero-order valence-electron chi connectivity index (χ0n) is 16.3. The van der Waals surface area contributed by atoms with Crippen molar-refractivity contribution < 1.29 is 9.47 Å². The zero-order valence-corrected chi connectivity index (χ0v) is 16.3. The molecule has 0 spiro atoms. The summed E-state index contributed by atoms with van der Waals surface area (Å²) in [5, 5.41) is 17.7. The van der Waals surface area contributed by atoms with E-state index in [0.717, 1.165) is 17.0 Å². The van der Waals surface area contributed by atoms with Crippen LogP contribution in [0.3, 0.4) is 0 Å². The quantitative estimate of drug-likeness (QED) is 0.550. The molecule has 29 heavy (non-hydrogen) atoms. The van der Waals surface area contributed by atoms with Crippen LogP contribution in [0.25, 0.3) is 16.9 Å². The first kappa shape index (κ1) is 18.3. The summed E-state index contributed by atoms with van der Waals surface area (Å²) < 4.78 is 12.3. The fraction of sp³-hybridized carbons (Fsp3) is 0.136. The van der Waals surface area contributed by atoms with E-state index >= 15 is 0 Å². The van der Waals surface area contributed by atoms with E-state index in [1.807, 2.05) is 55.5 Å². The van der Waals surface area contributed by atoms with Crippen LogP contribution in [-0.4, -0.2) is 28.8 Å². The first-order chi connectivity index (χ1) is 14.1. The number of aromatic nitrogens is 3. The third-order valence-corrected chi connectivity index (χ3v) is 4.51. The first-order valence-corrected chi connectivity index (χ1v) is 8.99. The molecule has 7 heteroatoms. The van der Waals surface area contributed by atoms with Crippen molar-refractivity contribution in [1.29, 1.82) is 5.26 Å². The van der Waals surface area contributed by atoms with Gasteiger partial charge in [0, 0.05) is 35.1 Å². The maximum absolute atomic E-state index is 9.80. The molecule has 0 aliphatic carbocycles. The minimum absolute atomic E-state index is 0.368. The lowest BCUT2D eigenvalue weighted by Gasteiger charge is -2.09. The standard InChI is InChI=1S/C22H19N5O2/c1-14-9-20(15-7-5-4-6-8-15)27-22(24-14)19(13-23)21(26-27)25-16-10-17(28-2)12-18(11-16)29-3/h4-12H,1-3H3,(H,25,26). The van der Waals surface area contributed by atoms with E-state index in [1.54, 1.807) is 24.8 Å². The van der Waals surface area contributed by atoms with E-state index in [-0.39, 0.29) is 0 Å². The molecule has 0 aliphatic heterocycles. The fourth-order valence-corrected chi connectivity index (χ4v) is 3.16. The SMILES string of the molecule is COc1cc(Nc2nn3c(-c4ccccc4)cc(C)nc3c2C#N)cc(OC)c1. The Morgan fingerprint density at radius 2 is 1.69 bits per heavy atom. The minimum Gasteiger partial charge on any atom is -0.497 e. The fourth-order valence-electron chi connectivity index (χ4n) is 3.16. The molecule has 2 heterocycles. The molecule has 0 unspecified atom stereocenters. The summed E-state index contributed by atoms with van der Waals surface area (Å²) >= 11 is 0. The van der Waals surface area contributed by atoms with Crippen LogP contribution in [0, 0.1) is 18.3 Å². The number of nitriles is 1. The van der Waals surface area contributed by atoms with E-state index in [9.17, 15) is 5.26 Å². The summed E-state index contributed by atoms with van der Waals surface area (Å²) in [7, 11) is 3.17. The molecule has 1 N–H and O–H groups in total. The Morgan fingerprint density at radius 1 is 1.00 bits per heavy atom. The molecule has 0 saturated heterocycles. The van der Waals surface area contributed by atoms with Crippen molar-refractivity contribution in [3.05, 3.63) is 65.9 Å². The van der Waals surface area contributed by atoms with Gasteiger partial charge >= 0.3 is 0 Å². The number of hydrogen-bond donors (Lipinski definition) is 1. The normalized spacial score (nSPS) is 10.6. The smallest absolute Gasteiger partial charge is 0.176 e. The summed E-state index contributed by atoms with van der Waals surface area (Å²) in [5.41, 5.74) is 4.23. The molecular formula is C22H19N5O2. The number of ether oxygens (including phenoxy) is 2. The number of nitrogens with zero attached hydrogens (tertiary/aromatic N) is 4. The average molecular weight is 385 g/mol. The summed E-state index contributed by atoms with van der Waals surface area (Å²) in [6.07, 6.45) is 0. The van der Waals surface area contributed by atoms with Gasteiger partial charge in [-0.05, 0) is 13.0 Å². The number of fused-ring (bicyclic) bond motifs is 1. The van der Waals surface area contributed by atoms with Crippen LogP contribution in [0.15, 0.2) is 54.6 Å². The maximum atomic E-state index is 9.80. The van der Waals surface area contributed by atoms with Gasteiger partial charge in [0.05, 0.1) is 19.9 Å². The average Bonchev–Trinajstić information content (AvgIpc) is 3.09. The van der Waals surface area contributed by atoms with Gasteiger partial charge in [-0.2, -0.15) is 5.26 Å². The first-order valence-electron chi connectivity index (χ1n) is 8.99. The Morgan fingerprint density at radius 3 is 2.31 bits per heavy atom. The van der Waals surface area contributed by atoms with Crippen molar-refractivity contribution in [3.63, 3.8) is 0 Å². The van der Waals surface area contributed by atoms with Crippen LogP contribution in [0.4, 0.5) is 11.5 Å². The van der Waals surface area contributed by atoms with Gasteiger partial charge in [-0.1, -0.05) is 30.3 Å². The largest absolute Gasteiger partial charge is 0.497 e. The lowest BCUT2D eigenvalue weighted by Crippen LogP contribution is -1.99. The van der Waals surface area contributed by atoms with Gasteiger partial charge < -0.3 is 14.8 Å². The monoisotopic (exact) mass is 385 g/mol. The molecule has 2 aromatic carbocycles. The van der Waals surface area contributed by atoms with Crippen molar-refractivity contribution in [2.24, 2.45) is 0 Å². The minimum atomic E-state index is 0.368. The second-order valence-electron chi connectivity index (χ2n) is 6.45. The highest BCUT2D eigenvalue weighted by Crippen LogP contribution is 2.31. The van der Waals surface area contributed by atoms with Gasteiger partial charge in [-0.15, -0.1) is 5.10 Å². The number of aryl methyl sites for hydroxylation is 1. The Bertz CT molecular complexity index is 1200. The van der Waals surface area contributed by atoms with E-state index in [4.69, 9.17) is 9.47 Å². The highest BCUT2D eigenvalue weighted by molar-refractivity contribution is 5.76. The molecule has 4 rings (SSSR count). The highest BCUT2D eigenvalue weighted by atomic mass is 16.5. The molecular weight excluding hydrogens is 366 g/mol. The van der Waals surface area contributed by atoms with Crippen molar-refractivity contribution in [3.8, 4) is 28.8 Å². The number of anilines is 2. The number of hydrogen-bond acceptors (Lipinski definition) is 6. The number of benzene rings is 2. The molecule has 2 aromatic heterocycles. The second kappa shape index (κ2) is 7.52. The topological polar surface area (TPSA) is 84.5 Å². The van der Waals surface area contributed by atoms with Crippen LogP contribution < -0.4 is 14.8 Å². The van der Waals surface area contributed by atoms with Crippen LogP contribution in [-0.2, 0) is 0 Å². The van der Waals surface area contributed by atoms with Crippen molar-refractivity contribution in [2.45, 2.75) is 6.92 Å². The van der Waals surface area contributed by atoms with Gasteiger partial charge in [-0.25, -0.2) is 9.50 Å². The zero-order chi connectivity index (χ0) is 20.4. The predicted octanol–water partition coefficient (Wildman–Crippen LogP) is 4.34. The Kier molecular flexibility index (Phi) is 4.75. The molecule has 0 radical (unpaired) electrons. The number of nitrogens with one attached hydrogen (secondary N) is 1. The van der Waals surface area contributed by atoms with Gasteiger partial charge in [0.2, 0.25) is 0 Å². The molecule has 0 bridgehead atoms. The summed E-state index contributed by atoms with van der Waals surface area (Å²) in [6, 6.07) is 19.5. The van der Waals surface area contributed by atoms with Crippen LogP contribution >= 0.6 is 0 Å². The van der Waals surface area contributed by atoms with Crippen molar-refractivity contribution >= 4 is 17.2 Å². The lowest BCUT2D eigenvalue weighted by atomic mass is 10.1. The lowest BCUT2D eigenvalue weighted by molar-refractivity contribution is 0.395. The second-order valence-corrected chi connectivity index (χ2v) is 6.45. The van der Waals surface area contributed by atoms with E-state index in [2.05, 4.69) is 21.5 Å². The molecule has 0 amide bonds. The van der Waals surface area contributed by atoms with Crippen molar-refractivity contribution in [1.82, 2.24) is 14.6 Å². The molecule has 0 atom stereocenters. The molecule has 144 valence electrons. The number of methoxy groups -OCH3 is 2. The molecule has 4 aromatic rings. The van der Waals surface area contributed by atoms with Crippen LogP contribution in [0.2, 0.25) is 0 Å². The Labute approximate surface area is 168 Å². The van der Waals surface area contributed by atoms with E-state index in [0.29, 0.717) is 34.2 Å². The van der Waals surface area contributed by atoms with E-state index in [1.165, 1.54) is 0 Å². The molecule has 0 saturated carbocycles. The highest BCUT2D eigenvalue weighted by Gasteiger charge is 2.18. The van der Waals surface area contributed by atoms with Crippen molar-refractivity contribution in [2.75, 3.05) is 19.5 Å². The summed E-state index contributed by atoms with van der Waals surface area (Å²) in [4.78, 5) is 4.55. The third-order valence-electron chi connectivity index (χ3n) is 4.51. The van der Waals surface area contributed by atoms with Gasteiger partial charge in [0.25, 0.3) is 0 Å². The predicted molar refractivity (Wildman–Crippen MR) is 111 cm³/mol. The van der Waals surface area contributed by atoms with E-state index < -0.39 is 0 Å². The van der Waals surface area contributed by atoms with Gasteiger partial charge in [0.15, 0.2) is 11.5 Å². The van der Waals surface area contributed by atoms with Crippen LogP contribution in [0.1, 0.15) is 11.3 Å². The summed E-state index contributed by atoms with van der Waals surface area (Å²) in [6.45, 7) is 1.90. The molecule has 7 nitrogen and oxygen atoms in total. The van der Waals surface area contributed by atoms with Gasteiger partial charge in [-0.3, -0.25) is 0 Å². The third kappa shape index (κ3) is 3.44. The Balaban J connectivity index is 1.87. The van der Waals surface area contributed by atoms with Crippen LogP contribution in [0.5, 0.6) is 11.5 Å². The molecule has 0 fully saturated rings. The summed E-state index contributed by atoms with van der Waals surface area (Å²) in [5.74, 6) is 1.68. The molecule has 0 aliphatic rings. The maximum Gasteiger partial charge on any atom is 0.176 e. The Hall–Kier alpha value is -4.05.